The van der Waals surface area contributed by atoms with Crippen molar-refractivity contribution in [3.8, 4) is 0 Å². The molecule has 1 amide bonds. The van der Waals surface area contributed by atoms with Crippen molar-refractivity contribution in [1.82, 2.24) is 5.43 Å². The number of carbonyl (C=O) groups excluding carboxylic acids is 1. The Bertz CT molecular complexity index is 478. The van der Waals surface area contributed by atoms with Crippen molar-refractivity contribution in [1.29, 1.82) is 0 Å². The van der Waals surface area contributed by atoms with Crippen molar-refractivity contribution in [3.63, 3.8) is 0 Å². The number of hydrogen-bond donors (Lipinski definition) is 2. The lowest BCUT2D eigenvalue weighted by Gasteiger charge is -2.00. The van der Waals surface area contributed by atoms with Crippen molar-refractivity contribution in [2.24, 2.45) is 11.0 Å². The molecule has 0 atom stereocenters. The van der Waals surface area contributed by atoms with E-state index in [1.54, 1.807) is 18.2 Å². The van der Waals surface area contributed by atoms with Gasteiger partial charge in [-0.3, -0.25) is 4.79 Å². The number of aromatic carboxylic acids is 1. The predicted molar refractivity (Wildman–Crippen MR) is 61.9 cm³/mol. The van der Waals surface area contributed by atoms with Crippen LogP contribution in [0.15, 0.2) is 29.4 Å². The molecule has 1 saturated carbocycles. The molecule has 2 N–H and O–H groups in total. The molecule has 1 fully saturated rings. The van der Waals surface area contributed by atoms with Crippen LogP contribution < -0.4 is 5.43 Å². The Balaban J connectivity index is 2.04. The van der Waals surface area contributed by atoms with Gasteiger partial charge in [0.15, 0.2) is 0 Å². The molecule has 0 saturated heterocycles. The number of benzene rings is 1. The molecule has 0 aromatic heterocycles. The van der Waals surface area contributed by atoms with E-state index in [1.807, 2.05) is 0 Å². The van der Waals surface area contributed by atoms with Crippen LogP contribution in [0, 0.1) is 5.92 Å². The maximum absolute atomic E-state index is 11.3. The first-order valence-corrected chi connectivity index (χ1v) is 5.33. The Morgan fingerprint density at radius 3 is 2.71 bits per heavy atom. The summed E-state index contributed by atoms with van der Waals surface area (Å²) in [5.41, 5.74) is 3.03. The first-order chi connectivity index (χ1) is 8.18. The normalized spacial score (nSPS) is 14.8. The van der Waals surface area contributed by atoms with Gasteiger partial charge in [-0.15, -0.1) is 0 Å². The summed E-state index contributed by atoms with van der Waals surface area (Å²) in [6, 6.07) is 6.49. The van der Waals surface area contributed by atoms with E-state index < -0.39 is 5.97 Å². The number of hydrazone groups is 1. The predicted octanol–water partition coefficient (Wildman–Crippen LogP) is 1.24. The van der Waals surface area contributed by atoms with Crippen molar-refractivity contribution >= 4 is 18.1 Å². The van der Waals surface area contributed by atoms with Gasteiger partial charge >= 0.3 is 5.97 Å². The molecule has 0 unspecified atom stereocenters. The zero-order chi connectivity index (χ0) is 12.3. The van der Waals surface area contributed by atoms with Crippen LogP contribution in [0.25, 0.3) is 0 Å². The summed E-state index contributed by atoms with van der Waals surface area (Å²) in [4.78, 5) is 22.2. The van der Waals surface area contributed by atoms with E-state index >= 15 is 0 Å². The molecule has 1 aliphatic rings. The van der Waals surface area contributed by atoms with Gasteiger partial charge in [0.05, 0.1) is 11.8 Å². The number of nitrogens with one attached hydrogen (secondary N) is 1. The van der Waals surface area contributed by atoms with E-state index in [0.717, 1.165) is 12.8 Å². The van der Waals surface area contributed by atoms with Gasteiger partial charge < -0.3 is 5.11 Å². The summed E-state index contributed by atoms with van der Waals surface area (Å²) in [6.07, 6.45) is 3.17. The second-order valence-corrected chi connectivity index (χ2v) is 3.90. The highest BCUT2D eigenvalue weighted by molar-refractivity contribution is 5.98. The molecule has 88 valence electrons. The molecule has 1 aromatic rings. The molecule has 1 aliphatic carbocycles. The van der Waals surface area contributed by atoms with Crippen molar-refractivity contribution in [2.75, 3.05) is 0 Å². The zero-order valence-electron chi connectivity index (χ0n) is 9.09. The molecular weight excluding hydrogens is 220 g/mol. The minimum absolute atomic E-state index is 0.0851. The van der Waals surface area contributed by atoms with Gasteiger partial charge in [-0.2, -0.15) is 5.10 Å². The van der Waals surface area contributed by atoms with E-state index in [4.69, 9.17) is 5.11 Å². The Hall–Kier alpha value is -2.17. The van der Waals surface area contributed by atoms with Gasteiger partial charge in [0.25, 0.3) is 0 Å². The van der Waals surface area contributed by atoms with Gasteiger partial charge in [-0.25, -0.2) is 10.2 Å². The molecular formula is C12H12N2O3. The van der Waals surface area contributed by atoms with Gasteiger partial charge in [0.1, 0.15) is 0 Å². The molecule has 0 radical (unpaired) electrons. The van der Waals surface area contributed by atoms with Crippen LogP contribution in [0.2, 0.25) is 0 Å². The number of carbonyl (C=O) groups is 2. The quantitative estimate of drug-likeness (QED) is 0.605. The van der Waals surface area contributed by atoms with E-state index in [0.29, 0.717) is 5.56 Å². The molecule has 5 heteroatoms. The number of rotatable bonds is 4. The molecule has 0 spiro atoms. The van der Waals surface area contributed by atoms with Crippen LogP contribution in [0.4, 0.5) is 0 Å². The largest absolute Gasteiger partial charge is 0.478 e. The van der Waals surface area contributed by atoms with Crippen LogP contribution in [-0.2, 0) is 4.79 Å². The topological polar surface area (TPSA) is 78.8 Å². The fourth-order valence-electron chi connectivity index (χ4n) is 1.41. The summed E-state index contributed by atoms with van der Waals surface area (Å²) < 4.78 is 0. The van der Waals surface area contributed by atoms with Crippen LogP contribution in [-0.4, -0.2) is 23.2 Å². The zero-order valence-corrected chi connectivity index (χ0v) is 9.09. The first-order valence-electron chi connectivity index (χ1n) is 5.33. The standard InChI is InChI=1S/C12H12N2O3/c15-11(8-5-6-8)14-13-7-9-3-1-2-4-10(9)12(16)17/h1-4,7-8H,5-6H2,(H,14,15)(H,16,17). The highest BCUT2D eigenvalue weighted by Gasteiger charge is 2.29. The van der Waals surface area contributed by atoms with Crippen molar-refractivity contribution in [2.45, 2.75) is 12.8 Å². The Morgan fingerprint density at radius 2 is 2.06 bits per heavy atom. The van der Waals surface area contributed by atoms with Crippen LogP contribution in [0.3, 0.4) is 0 Å². The van der Waals surface area contributed by atoms with Gasteiger partial charge in [-0.05, 0) is 18.9 Å². The third kappa shape index (κ3) is 2.90. The SMILES string of the molecule is O=C(O)c1ccccc1C=NNC(=O)C1CC1. The molecule has 0 heterocycles. The number of carboxylic acid groups (broad SMARTS) is 1. The van der Waals surface area contributed by atoms with Crippen LogP contribution >= 0.6 is 0 Å². The first kappa shape index (κ1) is 11.3. The lowest BCUT2D eigenvalue weighted by Crippen LogP contribution is -2.19. The van der Waals surface area contributed by atoms with Crippen molar-refractivity contribution in [3.05, 3.63) is 35.4 Å². The summed E-state index contributed by atoms with van der Waals surface area (Å²) in [6.45, 7) is 0. The molecule has 17 heavy (non-hydrogen) atoms. The smallest absolute Gasteiger partial charge is 0.336 e. The molecule has 0 bridgehead atoms. The average Bonchev–Trinajstić information content (AvgIpc) is 3.13. The number of hydrogen-bond acceptors (Lipinski definition) is 3. The number of carboxylic acids is 1. The summed E-state index contributed by atoms with van der Waals surface area (Å²) >= 11 is 0. The lowest BCUT2D eigenvalue weighted by molar-refractivity contribution is -0.122. The molecule has 0 aliphatic heterocycles. The monoisotopic (exact) mass is 232 g/mol. The second-order valence-electron chi connectivity index (χ2n) is 3.90. The molecule has 5 nitrogen and oxygen atoms in total. The van der Waals surface area contributed by atoms with E-state index in [-0.39, 0.29) is 17.4 Å². The van der Waals surface area contributed by atoms with E-state index in [1.165, 1.54) is 12.3 Å². The number of amides is 1. The third-order valence-electron chi connectivity index (χ3n) is 2.52. The summed E-state index contributed by atoms with van der Waals surface area (Å²) in [5.74, 6) is -1.03. The Morgan fingerprint density at radius 1 is 1.35 bits per heavy atom. The third-order valence-corrected chi connectivity index (χ3v) is 2.52. The fraction of sp³-hybridized carbons (Fsp3) is 0.250. The highest BCUT2D eigenvalue weighted by Crippen LogP contribution is 2.28. The van der Waals surface area contributed by atoms with E-state index in [9.17, 15) is 9.59 Å². The van der Waals surface area contributed by atoms with E-state index in [2.05, 4.69) is 10.5 Å². The maximum atomic E-state index is 11.3. The van der Waals surface area contributed by atoms with Gasteiger partial charge in [-0.1, -0.05) is 18.2 Å². The van der Waals surface area contributed by atoms with Gasteiger partial charge in [0.2, 0.25) is 5.91 Å². The fourth-order valence-corrected chi connectivity index (χ4v) is 1.41. The minimum Gasteiger partial charge on any atom is -0.478 e. The second kappa shape index (κ2) is 4.78. The van der Waals surface area contributed by atoms with Crippen LogP contribution in [0.5, 0.6) is 0 Å². The summed E-state index contributed by atoms with van der Waals surface area (Å²) in [5, 5.41) is 12.7. The lowest BCUT2D eigenvalue weighted by atomic mass is 10.1. The molecule has 1 aromatic carbocycles. The number of nitrogens with zero attached hydrogens (tertiary/aromatic N) is 1. The van der Waals surface area contributed by atoms with Crippen LogP contribution in [0.1, 0.15) is 28.8 Å². The Labute approximate surface area is 98.1 Å². The average molecular weight is 232 g/mol. The maximum Gasteiger partial charge on any atom is 0.336 e. The van der Waals surface area contributed by atoms with Crippen molar-refractivity contribution < 1.29 is 14.7 Å². The van der Waals surface area contributed by atoms with Gasteiger partial charge in [0, 0.05) is 11.5 Å². The minimum atomic E-state index is -1.01. The molecule has 2 rings (SSSR count). The summed E-state index contributed by atoms with van der Waals surface area (Å²) in [7, 11) is 0. The Kier molecular flexibility index (Phi) is 3.18. The highest BCUT2D eigenvalue weighted by atomic mass is 16.4.